The Hall–Kier alpha value is -2.63. The van der Waals surface area contributed by atoms with Crippen LogP contribution < -0.4 is 10.7 Å². The van der Waals surface area contributed by atoms with E-state index in [9.17, 15) is 14.4 Å². The molecule has 0 unspecified atom stereocenters. The third-order valence-electron chi connectivity index (χ3n) is 3.75. The van der Waals surface area contributed by atoms with Crippen LogP contribution in [0.5, 0.6) is 0 Å². The van der Waals surface area contributed by atoms with Crippen molar-refractivity contribution in [2.45, 2.75) is 19.3 Å². The van der Waals surface area contributed by atoms with E-state index in [1.165, 1.54) is 9.24 Å². The van der Waals surface area contributed by atoms with Crippen molar-refractivity contribution in [3.05, 3.63) is 40.8 Å². The van der Waals surface area contributed by atoms with Crippen LogP contribution in [0.1, 0.15) is 24.8 Å². The molecule has 0 N–H and O–H groups in total. The van der Waals surface area contributed by atoms with Gasteiger partial charge in [0.1, 0.15) is 0 Å². The normalized spacial score (nSPS) is 15.8. The molecule has 1 fully saturated rings. The van der Waals surface area contributed by atoms with Gasteiger partial charge in [-0.05, 0) is 24.1 Å². The van der Waals surface area contributed by atoms with Crippen molar-refractivity contribution in [2.75, 3.05) is 5.01 Å². The lowest BCUT2D eigenvalue weighted by atomic mass is 10.1. The van der Waals surface area contributed by atoms with E-state index >= 15 is 0 Å². The highest BCUT2D eigenvalue weighted by Gasteiger charge is 2.30. The van der Waals surface area contributed by atoms with Gasteiger partial charge in [0.05, 0.1) is 11.0 Å². The molecule has 6 nitrogen and oxygen atoms in total. The Morgan fingerprint density at radius 1 is 1.10 bits per heavy atom. The number of hydrogen-bond acceptors (Lipinski definition) is 3. The van der Waals surface area contributed by atoms with Crippen LogP contribution in [0.2, 0.25) is 0 Å². The molecule has 1 aliphatic heterocycles. The fourth-order valence-corrected chi connectivity index (χ4v) is 2.62. The summed E-state index contributed by atoms with van der Waals surface area (Å²) in [6.45, 7) is 3.70. The predicted octanol–water partition coefficient (Wildman–Crippen LogP) is 1.16. The molecule has 2 aromatic rings. The smallest absolute Gasteiger partial charge is 0.293 e. The summed E-state index contributed by atoms with van der Waals surface area (Å²) in [6.07, 6.45) is 2.77. The number of fused-ring (bicyclic) bond motifs is 1. The summed E-state index contributed by atoms with van der Waals surface area (Å²) >= 11 is 0. The number of benzene rings is 1. The summed E-state index contributed by atoms with van der Waals surface area (Å²) in [4.78, 5) is 36.5. The fraction of sp³-hybridized carbons (Fsp3) is 0.267. The number of piperidine rings is 1. The van der Waals surface area contributed by atoms with E-state index < -0.39 is 5.69 Å². The Labute approximate surface area is 120 Å². The van der Waals surface area contributed by atoms with Crippen LogP contribution in [0.4, 0.5) is 0 Å². The van der Waals surface area contributed by atoms with Crippen molar-refractivity contribution >= 4 is 28.9 Å². The number of nitrogens with zero attached hydrogens (tertiary/aromatic N) is 3. The molecule has 3 rings (SSSR count). The number of carbonyl (C=O) groups is 2. The summed E-state index contributed by atoms with van der Waals surface area (Å²) in [7, 11) is 1.62. The average Bonchev–Trinajstić information content (AvgIpc) is 2.72. The van der Waals surface area contributed by atoms with Crippen molar-refractivity contribution in [1.82, 2.24) is 9.24 Å². The topological polar surface area (TPSA) is 64.3 Å². The number of amides is 2. The zero-order chi connectivity index (χ0) is 15.1. The van der Waals surface area contributed by atoms with Crippen LogP contribution in [0, 0.1) is 0 Å². The highest BCUT2D eigenvalue weighted by molar-refractivity contribution is 6.11. The van der Waals surface area contributed by atoms with Gasteiger partial charge >= 0.3 is 5.69 Å². The molecular formula is C15H15N3O3. The van der Waals surface area contributed by atoms with Gasteiger partial charge in [-0.3, -0.25) is 14.2 Å². The maximum absolute atomic E-state index is 12.4. The molecule has 1 aromatic heterocycles. The number of rotatable bonds is 2. The fourth-order valence-electron chi connectivity index (χ4n) is 2.62. The van der Waals surface area contributed by atoms with Gasteiger partial charge in [0.15, 0.2) is 0 Å². The van der Waals surface area contributed by atoms with Crippen LogP contribution >= 0.6 is 0 Å². The van der Waals surface area contributed by atoms with Crippen LogP contribution in [0.15, 0.2) is 29.6 Å². The Kier molecular flexibility index (Phi) is 3.01. The second-order valence-corrected chi connectivity index (χ2v) is 5.06. The Morgan fingerprint density at radius 2 is 1.76 bits per heavy atom. The lowest BCUT2D eigenvalue weighted by molar-refractivity contribution is -0.131. The van der Waals surface area contributed by atoms with Crippen LogP contribution in [-0.2, 0) is 16.6 Å². The van der Waals surface area contributed by atoms with Crippen molar-refractivity contribution in [2.24, 2.45) is 7.05 Å². The molecule has 1 saturated heterocycles. The SMILES string of the molecule is C=Cc1ccc2c(c1)n(C)c(=O)n2N1C(=O)CCCC1=O. The first kappa shape index (κ1) is 13.4. The van der Waals surface area contributed by atoms with Gasteiger partial charge in [0, 0.05) is 19.9 Å². The molecule has 0 spiro atoms. The van der Waals surface area contributed by atoms with Gasteiger partial charge in [0.2, 0.25) is 11.8 Å². The van der Waals surface area contributed by atoms with Crippen LogP contribution in [0.25, 0.3) is 17.1 Å². The largest absolute Gasteiger partial charge is 0.348 e. The van der Waals surface area contributed by atoms with E-state index in [0.29, 0.717) is 17.5 Å². The van der Waals surface area contributed by atoms with Crippen LogP contribution in [0.3, 0.4) is 0 Å². The first-order valence-corrected chi connectivity index (χ1v) is 6.74. The first-order chi connectivity index (χ1) is 10.0. The molecule has 0 radical (unpaired) electrons. The average molecular weight is 285 g/mol. The van der Waals surface area contributed by atoms with E-state index in [-0.39, 0.29) is 24.7 Å². The van der Waals surface area contributed by atoms with Crippen molar-refractivity contribution < 1.29 is 9.59 Å². The first-order valence-electron chi connectivity index (χ1n) is 6.74. The number of imide groups is 1. The van der Waals surface area contributed by atoms with E-state index in [1.807, 2.05) is 0 Å². The van der Waals surface area contributed by atoms with Gasteiger partial charge in [-0.1, -0.05) is 18.7 Å². The molecule has 0 aliphatic carbocycles. The van der Waals surface area contributed by atoms with Gasteiger partial charge in [0.25, 0.3) is 0 Å². The quantitative estimate of drug-likeness (QED) is 0.778. The summed E-state index contributed by atoms with van der Waals surface area (Å²) in [6, 6.07) is 5.33. The van der Waals surface area contributed by atoms with Crippen LogP contribution in [-0.4, -0.2) is 21.1 Å². The second-order valence-electron chi connectivity index (χ2n) is 5.06. The lowest BCUT2D eigenvalue weighted by Gasteiger charge is -2.25. The molecule has 0 atom stereocenters. The minimum Gasteiger partial charge on any atom is -0.293 e. The van der Waals surface area contributed by atoms with Gasteiger partial charge in [-0.15, -0.1) is 0 Å². The van der Waals surface area contributed by atoms with Gasteiger partial charge < -0.3 is 0 Å². The van der Waals surface area contributed by atoms with E-state index in [0.717, 1.165) is 10.6 Å². The monoisotopic (exact) mass is 285 g/mol. The Morgan fingerprint density at radius 3 is 2.38 bits per heavy atom. The molecule has 6 heteroatoms. The number of carbonyl (C=O) groups excluding carboxylic acids is 2. The minimum atomic E-state index is -0.408. The lowest BCUT2D eigenvalue weighted by Crippen LogP contribution is -2.52. The number of hydrogen-bond donors (Lipinski definition) is 0. The second kappa shape index (κ2) is 4.73. The Balaban J connectivity index is 2.30. The standard InChI is InChI=1S/C15H15N3O3/c1-3-10-7-8-11-12(9-10)16(2)15(21)17(11)18-13(19)5-4-6-14(18)20/h3,7-9H,1,4-6H2,2H3. The highest BCUT2D eigenvalue weighted by atomic mass is 16.2. The molecule has 0 saturated carbocycles. The van der Waals surface area contributed by atoms with Crippen molar-refractivity contribution in [3.8, 4) is 0 Å². The highest BCUT2D eigenvalue weighted by Crippen LogP contribution is 2.18. The van der Waals surface area contributed by atoms with E-state index in [1.54, 1.807) is 31.3 Å². The molecule has 21 heavy (non-hydrogen) atoms. The zero-order valence-electron chi connectivity index (χ0n) is 11.7. The number of aromatic nitrogens is 2. The molecular weight excluding hydrogens is 270 g/mol. The van der Waals surface area contributed by atoms with Gasteiger partial charge in [-0.2, -0.15) is 9.69 Å². The Bertz CT molecular complexity index is 813. The predicted molar refractivity (Wildman–Crippen MR) is 79.4 cm³/mol. The zero-order valence-corrected chi connectivity index (χ0v) is 11.7. The minimum absolute atomic E-state index is 0.277. The maximum atomic E-state index is 12.4. The third kappa shape index (κ3) is 1.91. The molecule has 1 aromatic carbocycles. The van der Waals surface area contributed by atoms with Gasteiger partial charge in [-0.25, -0.2) is 4.79 Å². The molecule has 0 bridgehead atoms. The summed E-state index contributed by atoms with van der Waals surface area (Å²) in [5.74, 6) is -0.678. The summed E-state index contributed by atoms with van der Waals surface area (Å²) < 4.78 is 2.60. The third-order valence-corrected chi connectivity index (χ3v) is 3.75. The molecule has 2 amide bonds. The van der Waals surface area contributed by atoms with E-state index in [4.69, 9.17) is 0 Å². The van der Waals surface area contributed by atoms with E-state index in [2.05, 4.69) is 6.58 Å². The maximum Gasteiger partial charge on any atom is 0.348 e. The molecule has 108 valence electrons. The molecule has 1 aliphatic rings. The molecule has 2 heterocycles. The number of aryl methyl sites for hydroxylation is 1. The summed E-state index contributed by atoms with van der Waals surface area (Å²) in [5.41, 5.74) is 1.65. The summed E-state index contributed by atoms with van der Waals surface area (Å²) in [5, 5.41) is 0.974. The number of imidazole rings is 1. The van der Waals surface area contributed by atoms with Crippen molar-refractivity contribution in [1.29, 1.82) is 0 Å². The van der Waals surface area contributed by atoms with Crippen molar-refractivity contribution in [3.63, 3.8) is 0 Å².